The van der Waals surface area contributed by atoms with Gasteiger partial charge in [-0.25, -0.2) is 0 Å². The van der Waals surface area contributed by atoms with E-state index < -0.39 is 5.97 Å². The third kappa shape index (κ3) is 10.9. The van der Waals surface area contributed by atoms with E-state index in [2.05, 4.69) is 6.92 Å². The minimum atomic E-state index is -0.675. The molecule has 10 heavy (non-hydrogen) atoms. The maximum absolute atomic E-state index is 9.96. The fourth-order valence-corrected chi connectivity index (χ4v) is 0.703. The number of carboxylic acids is 1. The van der Waals surface area contributed by atoms with Gasteiger partial charge in [-0.2, -0.15) is 0 Å². The molecule has 0 heterocycles. The van der Waals surface area contributed by atoms with Gasteiger partial charge >= 0.3 is 5.97 Å². The molecule has 0 aliphatic carbocycles. The Bertz CT molecular complexity index is 83.7. The number of unbranched alkanes of at least 4 members (excludes halogenated alkanes) is 3. The van der Waals surface area contributed by atoms with Crippen LogP contribution in [-0.4, -0.2) is 11.1 Å². The number of carbonyl (C=O) groups is 1. The van der Waals surface area contributed by atoms with E-state index in [-0.39, 0.29) is 16.5 Å². The zero-order valence-corrected chi connectivity index (χ0v) is 7.19. The average molecular weight is 189 g/mol. The molecule has 0 amide bonds. The van der Waals surface area contributed by atoms with Crippen molar-refractivity contribution in [2.45, 2.75) is 39.0 Å². The molecule has 0 saturated heterocycles. The molecule has 2 nitrogen and oxygen atoms in total. The van der Waals surface area contributed by atoms with E-state index in [0.29, 0.717) is 6.42 Å². The van der Waals surface area contributed by atoms with Crippen molar-refractivity contribution in [1.82, 2.24) is 0 Å². The summed E-state index contributed by atoms with van der Waals surface area (Å²) in [6.07, 6.45) is 4.55. The van der Waals surface area contributed by atoms with Crippen LogP contribution in [0.3, 0.4) is 0 Å². The van der Waals surface area contributed by atoms with E-state index in [0.717, 1.165) is 19.3 Å². The van der Waals surface area contributed by atoms with Crippen molar-refractivity contribution >= 4 is 5.97 Å². The first-order chi connectivity index (χ1) is 4.27. The fraction of sp³-hybridized carbons (Fsp3) is 0.857. The summed E-state index contributed by atoms with van der Waals surface area (Å²) in [4.78, 5) is 9.96. The van der Waals surface area contributed by atoms with Crippen molar-refractivity contribution in [3.63, 3.8) is 0 Å². The van der Waals surface area contributed by atoms with Gasteiger partial charge in [-0.05, 0) is 6.42 Å². The molecule has 0 aliphatic rings. The van der Waals surface area contributed by atoms with Gasteiger partial charge in [-0.3, -0.25) is 4.79 Å². The number of hydrogen-bond donors (Lipinski definition) is 1. The van der Waals surface area contributed by atoms with Gasteiger partial charge in [0.25, 0.3) is 0 Å². The molecule has 0 bridgehead atoms. The van der Waals surface area contributed by atoms with Crippen molar-refractivity contribution in [2.24, 2.45) is 0 Å². The minimum absolute atomic E-state index is 0. The zero-order valence-electron chi connectivity index (χ0n) is 6.21. The summed E-state index contributed by atoms with van der Waals surface area (Å²) in [6.45, 7) is 2.11. The van der Waals surface area contributed by atoms with Crippen LogP contribution in [0.1, 0.15) is 39.0 Å². The van der Waals surface area contributed by atoms with Crippen LogP contribution in [0.2, 0.25) is 0 Å². The molecule has 0 fully saturated rings. The molecular weight excluding hydrogens is 175 g/mol. The second-order valence-electron chi connectivity index (χ2n) is 2.20. The van der Waals surface area contributed by atoms with Crippen LogP contribution < -0.4 is 0 Å². The Labute approximate surface area is 71.9 Å². The maximum atomic E-state index is 9.96. The Balaban J connectivity index is 0. The molecule has 0 aromatic heterocycles. The Kier molecular flexibility index (Phi) is 11.3. The summed E-state index contributed by atoms with van der Waals surface area (Å²) in [5.41, 5.74) is 0. The number of aliphatic carboxylic acids is 1. The predicted octanol–water partition coefficient (Wildman–Crippen LogP) is 2.04. The average Bonchev–Trinajstić information content (AvgIpc) is 1.80. The van der Waals surface area contributed by atoms with Gasteiger partial charge in [-0.15, -0.1) is 0 Å². The van der Waals surface area contributed by atoms with E-state index >= 15 is 0 Å². The topological polar surface area (TPSA) is 37.3 Å². The van der Waals surface area contributed by atoms with Crippen molar-refractivity contribution < 1.29 is 26.4 Å². The van der Waals surface area contributed by atoms with E-state index in [1.54, 1.807) is 0 Å². The molecule has 0 atom stereocenters. The first-order valence-corrected chi connectivity index (χ1v) is 3.49. The van der Waals surface area contributed by atoms with E-state index in [4.69, 9.17) is 5.11 Å². The van der Waals surface area contributed by atoms with Gasteiger partial charge in [0.1, 0.15) is 0 Å². The third-order valence-electron chi connectivity index (χ3n) is 1.24. The fourth-order valence-electron chi connectivity index (χ4n) is 0.703. The van der Waals surface area contributed by atoms with Crippen LogP contribution in [0, 0.1) is 0 Å². The molecule has 0 aliphatic heterocycles. The summed E-state index contributed by atoms with van der Waals surface area (Å²) in [5.74, 6) is -0.675. The Morgan fingerprint density at radius 3 is 2.30 bits per heavy atom. The van der Waals surface area contributed by atoms with Crippen LogP contribution in [0.15, 0.2) is 0 Å². The Morgan fingerprint density at radius 2 is 1.90 bits per heavy atom. The second-order valence-corrected chi connectivity index (χ2v) is 2.20. The van der Waals surface area contributed by atoms with Crippen LogP contribution in [-0.2, 0) is 21.3 Å². The predicted molar refractivity (Wildman–Crippen MR) is 36.4 cm³/mol. The van der Waals surface area contributed by atoms with Crippen molar-refractivity contribution in [3.8, 4) is 0 Å². The van der Waals surface area contributed by atoms with Crippen LogP contribution in [0.4, 0.5) is 0 Å². The van der Waals surface area contributed by atoms with Gasteiger partial charge in [0, 0.05) is 22.9 Å². The Hall–Kier alpha value is -0.0365. The number of hydrogen-bond acceptors (Lipinski definition) is 1. The molecule has 0 rings (SSSR count). The quantitative estimate of drug-likeness (QED) is 0.530. The summed E-state index contributed by atoms with van der Waals surface area (Å²) in [6, 6.07) is 0. The van der Waals surface area contributed by atoms with Gasteiger partial charge < -0.3 is 5.11 Å². The van der Waals surface area contributed by atoms with Crippen LogP contribution in [0.25, 0.3) is 0 Å². The van der Waals surface area contributed by atoms with E-state index in [1.807, 2.05) is 0 Å². The Morgan fingerprint density at radius 1 is 1.30 bits per heavy atom. The van der Waals surface area contributed by atoms with Crippen molar-refractivity contribution in [2.75, 3.05) is 0 Å². The molecule has 64 valence electrons. The van der Waals surface area contributed by atoms with Crippen molar-refractivity contribution in [1.29, 1.82) is 0 Å². The third-order valence-corrected chi connectivity index (χ3v) is 1.24. The smallest absolute Gasteiger partial charge is 0.303 e. The summed E-state index contributed by atoms with van der Waals surface area (Å²) in [7, 11) is 0. The monoisotopic (exact) mass is 188 g/mol. The summed E-state index contributed by atoms with van der Waals surface area (Å²) < 4.78 is 0. The maximum Gasteiger partial charge on any atom is 0.303 e. The minimum Gasteiger partial charge on any atom is -0.481 e. The molecule has 0 aromatic rings. The summed E-state index contributed by atoms with van der Waals surface area (Å²) >= 11 is 0. The standard InChI is InChI=1S/C7H14O2.Ni/c1-2-3-4-5-6-7(8)9;/h2-6H2,1H3,(H,8,9);. The molecule has 0 unspecified atom stereocenters. The molecule has 0 aromatic carbocycles. The van der Waals surface area contributed by atoms with Crippen LogP contribution >= 0.6 is 0 Å². The van der Waals surface area contributed by atoms with E-state index in [1.165, 1.54) is 6.42 Å². The molecular formula is C7H14NiO2. The van der Waals surface area contributed by atoms with Gasteiger partial charge in [0.05, 0.1) is 0 Å². The number of rotatable bonds is 5. The molecule has 0 radical (unpaired) electrons. The molecule has 3 heteroatoms. The van der Waals surface area contributed by atoms with Crippen LogP contribution in [0.5, 0.6) is 0 Å². The van der Waals surface area contributed by atoms with Crippen molar-refractivity contribution in [3.05, 3.63) is 0 Å². The normalized spacial score (nSPS) is 8.50. The molecule has 0 saturated carbocycles. The number of carboxylic acid groups (broad SMARTS) is 1. The van der Waals surface area contributed by atoms with E-state index in [9.17, 15) is 4.79 Å². The second kappa shape index (κ2) is 8.96. The SMILES string of the molecule is CCCCCCC(=O)O.[Ni]. The van der Waals surface area contributed by atoms with Gasteiger partial charge in [0.2, 0.25) is 0 Å². The van der Waals surface area contributed by atoms with Gasteiger partial charge in [0.15, 0.2) is 0 Å². The molecule has 1 N–H and O–H groups in total. The van der Waals surface area contributed by atoms with Gasteiger partial charge in [-0.1, -0.05) is 26.2 Å². The summed E-state index contributed by atoms with van der Waals surface area (Å²) in [5, 5.41) is 8.21. The first-order valence-electron chi connectivity index (χ1n) is 3.49. The zero-order chi connectivity index (χ0) is 7.11. The first kappa shape index (κ1) is 12.6. The largest absolute Gasteiger partial charge is 0.481 e. The molecule has 0 spiro atoms.